The predicted octanol–water partition coefficient (Wildman–Crippen LogP) is 4.97. The van der Waals surface area contributed by atoms with Crippen molar-refractivity contribution in [3.8, 4) is 23.0 Å². The van der Waals surface area contributed by atoms with Gasteiger partial charge in [0.05, 0.1) is 14.2 Å². The summed E-state index contributed by atoms with van der Waals surface area (Å²) in [5.74, 6) is 1.82. The molecule has 0 radical (unpaired) electrons. The first kappa shape index (κ1) is 28.5. The van der Waals surface area contributed by atoms with Gasteiger partial charge < -0.3 is 29.2 Å². The second kappa shape index (κ2) is 13.6. The van der Waals surface area contributed by atoms with E-state index < -0.39 is 12.1 Å². The molecule has 8 nitrogen and oxygen atoms in total. The quantitative estimate of drug-likeness (QED) is 0.276. The monoisotopic (exact) mass is 566 g/mol. The molecule has 1 aliphatic rings. The summed E-state index contributed by atoms with van der Waals surface area (Å²) in [5, 5.41) is 3.04. The number of hydrogen-bond donors (Lipinski definition) is 1. The van der Waals surface area contributed by atoms with Crippen molar-refractivity contribution >= 4 is 11.8 Å². The molecule has 2 amide bonds. The lowest BCUT2D eigenvalue weighted by Crippen LogP contribution is -2.51. The zero-order valence-electron chi connectivity index (χ0n) is 23.7. The first-order valence-electron chi connectivity index (χ1n) is 13.8. The van der Waals surface area contributed by atoms with E-state index in [1.165, 1.54) is 0 Å². The summed E-state index contributed by atoms with van der Waals surface area (Å²) in [6.45, 7) is 0.615. The van der Waals surface area contributed by atoms with Gasteiger partial charge in [-0.3, -0.25) is 9.59 Å². The zero-order chi connectivity index (χ0) is 29.3. The van der Waals surface area contributed by atoms with Gasteiger partial charge in [0, 0.05) is 13.1 Å². The topological polar surface area (TPSA) is 86.3 Å². The van der Waals surface area contributed by atoms with Crippen LogP contribution < -0.4 is 24.3 Å². The molecule has 0 unspecified atom stereocenters. The minimum atomic E-state index is -0.925. The van der Waals surface area contributed by atoms with Gasteiger partial charge in [0.1, 0.15) is 24.1 Å². The molecule has 216 valence electrons. The molecule has 1 aliphatic heterocycles. The Labute approximate surface area is 245 Å². The molecular formula is C34H34N2O6. The van der Waals surface area contributed by atoms with Crippen LogP contribution in [0.4, 0.5) is 0 Å². The first-order valence-corrected chi connectivity index (χ1v) is 13.8. The fraction of sp³-hybridized carbons (Fsp3) is 0.235. The van der Waals surface area contributed by atoms with Crippen LogP contribution in [-0.4, -0.2) is 50.2 Å². The fourth-order valence-corrected chi connectivity index (χ4v) is 4.88. The number of benzene rings is 4. The van der Waals surface area contributed by atoms with Crippen molar-refractivity contribution in [2.45, 2.75) is 25.1 Å². The number of carbonyl (C=O) groups excluding carboxylic acids is 2. The van der Waals surface area contributed by atoms with Crippen molar-refractivity contribution in [1.29, 1.82) is 0 Å². The van der Waals surface area contributed by atoms with E-state index in [2.05, 4.69) is 5.32 Å². The normalized spacial score (nSPS) is 14.4. The fourth-order valence-electron chi connectivity index (χ4n) is 4.88. The molecule has 0 spiro atoms. The van der Waals surface area contributed by atoms with Gasteiger partial charge in [-0.2, -0.15) is 0 Å². The van der Waals surface area contributed by atoms with Gasteiger partial charge in [0.2, 0.25) is 12.0 Å². The number of ether oxygens (including phenoxy) is 4. The van der Waals surface area contributed by atoms with Gasteiger partial charge in [-0.15, -0.1) is 0 Å². The van der Waals surface area contributed by atoms with Gasteiger partial charge in [-0.1, -0.05) is 66.7 Å². The molecule has 8 heteroatoms. The Hall–Kier alpha value is -4.98. The molecule has 0 saturated heterocycles. The van der Waals surface area contributed by atoms with Crippen LogP contribution in [0.3, 0.4) is 0 Å². The molecule has 1 N–H and O–H groups in total. The number of methoxy groups -OCH3 is 2. The largest absolute Gasteiger partial charge is 0.497 e. The molecule has 0 aliphatic carbocycles. The maximum atomic E-state index is 14.2. The van der Waals surface area contributed by atoms with E-state index in [1.807, 2.05) is 78.9 Å². The van der Waals surface area contributed by atoms with Crippen LogP contribution in [0.1, 0.15) is 22.7 Å². The highest BCUT2D eigenvalue weighted by atomic mass is 16.6. The molecule has 2 atom stereocenters. The molecule has 0 fully saturated rings. The lowest BCUT2D eigenvalue weighted by Gasteiger charge is -2.35. The van der Waals surface area contributed by atoms with Crippen LogP contribution in [0.25, 0.3) is 0 Å². The number of nitrogens with zero attached hydrogens (tertiary/aromatic N) is 1. The number of carbonyl (C=O) groups is 2. The molecule has 0 saturated carbocycles. The molecule has 1 heterocycles. The van der Waals surface area contributed by atoms with Crippen molar-refractivity contribution in [2.75, 3.05) is 27.4 Å². The second-order valence-corrected chi connectivity index (χ2v) is 9.87. The lowest BCUT2D eigenvalue weighted by molar-refractivity contribution is -0.148. The SMILES string of the molecule is COc1ccc(CNC(=O)[C@@H](c2ccc(OC)cc2)N(CCc2ccccc2)C(=O)[C@H]2COc3ccccc3O2)cc1. The summed E-state index contributed by atoms with van der Waals surface area (Å²) in [7, 11) is 3.19. The van der Waals surface area contributed by atoms with Crippen LogP contribution in [0, 0.1) is 0 Å². The third kappa shape index (κ3) is 6.83. The van der Waals surface area contributed by atoms with E-state index in [0.717, 1.165) is 16.9 Å². The van der Waals surface area contributed by atoms with Crippen molar-refractivity contribution in [1.82, 2.24) is 10.2 Å². The Balaban J connectivity index is 1.45. The molecule has 4 aromatic rings. The number of hydrogen-bond acceptors (Lipinski definition) is 6. The van der Waals surface area contributed by atoms with E-state index >= 15 is 0 Å². The van der Waals surface area contributed by atoms with E-state index in [1.54, 1.807) is 43.4 Å². The molecule has 5 rings (SSSR count). The standard InChI is InChI=1S/C34H34N2O6/c1-39-27-16-12-25(13-17-27)22-35-33(37)32(26-14-18-28(40-2)19-15-26)36(21-20-24-8-4-3-5-9-24)34(38)31-23-41-29-10-6-7-11-30(29)42-31/h3-19,31-32H,20-23H2,1-2H3,(H,35,37)/t31-,32-/m1/s1. The number of para-hydroxylation sites is 2. The van der Waals surface area contributed by atoms with E-state index in [-0.39, 0.29) is 31.5 Å². The highest BCUT2D eigenvalue weighted by Crippen LogP contribution is 2.33. The second-order valence-electron chi connectivity index (χ2n) is 9.87. The third-order valence-electron chi connectivity index (χ3n) is 7.17. The van der Waals surface area contributed by atoms with Crippen LogP contribution in [0.15, 0.2) is 103 Å². The van der Waals surface area contributed by atoms with Gasteiger partial charge in [-0.25, -0.2) is 0 Å². The summed E-state index contributed by atoms with van der Waals surface area (Å²) in [6.07, 6.45) is -0.361. The van der Waals surface area contributed by atoms with Crippen molar-refractivity contribution in [2.24, 2.45) is 0 Å². The van der Waals surface area contributed by atoms with Crippen LogP contribution in [-0.2, 0) is 22.6 Å². The highest BCUT2D eigenvalue weighted by Gasteiger charge is 2.38. The molecule has 4 aromatic carbocycles. The number of rotatable bonds is 11. The third-order valence-corrected chi connectivity index (χ3v) is 7.17. The van der Waals surface area contributed by atoms with Crippen LogP contribution in [0.5, 0.6) is 23.0 Å². The lowest BCUT2D eigenvalue weighted by atomic mass is 10.0. The van der Waals surface area contributed by atoms with Crippen LogP contribution in [0.2, 0.25) is 0 Å². The Morgan fingerprint density at radius 3 is 2.10 bits per heavy atom. The van der Waals surface area contributed by atoms with E-state index in [9.17, 15) is 9.59 Å². The van der Waals surface area contributed by atoms with Gasteiger partial charge >= 0.3 is 0 Å². The molecule has 0 bridgehead atoms. The highest BCUT2D eigenvalue weighted by molar-refractivity contribution is 5.90. The van der Waals surface area contributed by atoms with E-state index in [4.69, 9.17) is 18.9 Å². The van der Waals surface area contributed by atoms with Crippen molar-refractivity contribution in [3.05, 3.63) is 120 Å². The number of fused-ring (bicyclic) bond motifs is 1. The Bertz CT molecular complexity index is 1470. The summed E-state index contributed by atoms with van der Waals surface area (Å²) in [6, 6.07) is 30.9. The minimum Gasteiger partial charge on any atom is -0.497 e. The Morgan fingerprint density at radius 1 is 0.810 bits per heavy atom. The van der Waals surface area contributed by atoms with Crippen LogP contribution >= 0.6 is 0 Å². The zero-order valence-corrected chi connectivity index (χ0v) is 23.7. The molecular weight excluding hydrogens is 532 g/mol. The predicted molar refractivity (Wildman–Crippen MR) is 159 cm³/mol. The van der Waals surface area contributed by atoms with Gasteiger partial charge in [-0.05, 0) is 59.5 Å². The summed E-state index contributed by atoms with van der Waals surface area (Å²) in [5.41, 5.74) is 2.61. The van der Waals surface area contributed by atoms with Crippen molar-refractivity contribution in [3.63, 3.8) is 0 Å². The molecule has 42 heavy (non-hydrogen) atoms. The first-order chi connectivity index (χ1) is 20.6. The number of nitrogens with one attached hydrogen (secondary N) is 1. The summed E-state index contributed by atoms with van der Waals surface area (Å²) in [4.78, 5) is 29.8. The average molecular weight is 567 g/mol. The Kier molecular flexibility index (Phi) is 9.23. The maximum Gasteiger partial charge on any atom is 0.268 e. The summed E-state index contributed by atoms with van der Waals surface area (Å²) >= 11 is 0. The minimum absolute atomic E-state index is 0.0421. The molecule has 0 aromatic heterocycles. The smallest absolute Gasteiger partial charge is 0.268 e. The summed E-state index contributed by atoms with van der Waals surface area (Å²) < 4.78 is 22.6. The Morgan fingerprint density at radius 2 is 1.43 bits per heavy atom. The van der Waals surface area contributed by atoms with Gasteiger partial charge in [0.25, 0.3) is 5.91 Å². The van der Waals surface area contributed by atoms with E-state index in [0.29, 0.717) is 29.2 Å². The van der Waals surface area contributed by atoms with Crippen molar-refractivity contribution < 1.29 is 28.5 Å². The van der Waals surface area contributed by atoms with Gasteiger partial charge in [0.15, 0.2) is 11.5 Å². The maximum absolute atomic E-state index is 14.2. The average Bonchev–Trinajstić information content (AvgIpc) is 3.05. The number of amides is 2.